The second-order valence-corrected chi connectivity index (χ2v) is 9.22. The Bertz CT molecular complexity index is 1470. The predicted molar refractivity (Wildman–Crippen MR) is 118 cm³/mol. The topological polar surface area (TPSA) is 103 Å². The fourth-order valence-corrected chi connectivity index (χ4v) is 4.14. The zero-order valence-corrected chi connectivity index (χ0v) is 17.9. The molecule has 0 aliphatic carbocycles. The molecule has 0 bridgehead atoms. The number of nitrogens with one attached hydrogen (secondary N) is 1. The molecule has 0 radical (unpaired) electrons. The van der Waals surface area contributed by atoms with Gasteiger partial charge in [0.2, 0.25) is 15.0 Å². The largest absolute Gasteiger partial charge is 0.319 e. The molecule has 1 amide bonds. The first kappa shape index (κ1) is 20.8. The molecule has 1 aromatic carbocycles. The summed E-state index contributed by atoms with van der Waals surface area (Å²) in [5, 5.41) is 2.99. The van der Waals surface area contributed by atoms with E-state index >= 15 is 0 Å². The van der Waals surface area contributed by atoms with E-state index in [1.807, 2.05) is 12.1 Å². The van der Waals surface area contributed by atoms with E-state index in [2.05, 4.69) is 10.3 Å². The van der Waals surface area contributed by atoms with E-state index in [0.717, 1.165) is 11.8 Å². The van der Waals surface area contributed by atoms with Gasteiger partial charge in [-0.3, -0.25) is 14.0 Å². The summed E-state index contributed by atoms with van der Waals surface area (Å²) in [6.45, 7) is 0.230. The third-order valence-corrected chi connectivity index (χ3v) is 5.92. The number of sulfone groups is 1. The number of nitrogens with zero attached hydrogens (tertiary/aromatic N) is 3. The number of halogens is 1. The van der Waals surface area contributed by atoms with Gasteiger partial charge in [-0.1, -0.05) is 35.9 Å². The van der Waals surface area contributed by atoms with Gasteiger partial charge in [0.05, 0.1) is 17.7 Å². The summed E-state index contributed by atoms with van der Waals surface area (Å²) in [4.78, 5) is 29.2. The molecular formula is C21H17ClN4O4S. The van der Waals surface area contributed by atoms with Crippen molar-refractivity contribution in [1.82, 2.24) is 14.0 Å². The third-order valence-electron chi connectivity index (χ3n) is 4.60. The fourth-order valence-electron chi connectivity index (χ4n) is 3.17. The van der Waals surface area contributed by atoms with Crippen molar-refractivity contribution in [3.8, 4) is 0 Å². The number of carbonyl (C=O) groups is 1. The van der Waals surface area contributed by atoms with Crippen LogP contribution in [0.1, 0.15) is 16.1 Å². The minimum atomic E-state index is -3.65. The van der Waals surface area contributed by atoms with Crippen LogP contribution in [-0.2, 0) is 16.4 Å². The molecule has 31 heavy (non-hydrogen) atoms. The minimum absolute atomic E-state index is 0.0371. The maximum Gasteiger partial charge on any atom is 0.276 e. The second kappa shape index (κ2) is 8.01. The number of carbonyl (C=O) groups excluding carboxylic acids is 1. The molecule has 3 aromatic heterocycles. The molecule has 0 aliphatic heterocycles. The van der Waals surface area contributed by atoms with Crippen molar-refractivity contribution in [2.45, 2.75) is 11.7 Å². The lowest BCUT2D eigenvalue weighted by Gasteiger charge is -2.10. The van der Waals surface area contributed by atoms with Gasteiger partial charge in [-0.25, -0.2) is 13.4 Å². The number of fused-ring (bicyclic) bond motifs is 1. The Kier molecular flexibility index (Phi) is 5.38. The maximum atomic E-state index is 12.9. The summed E-state index contributed by atoms with van der Waals surface area (Å²) in [7, 11) is -3.65. The highest BCUT2D eigenvalue weighted by Gasteiger charge is 2.23. The van der Waals surface area contributed by atoms with Crippen molar-refractivity contribution in [3.63, 3.8) is 0 Å². The van der Waals surface area contributed by atoms with Gasteiger partial charge in [0.25, 0.3) is 11.5 Å². The van der Waals surface area contributed by atoms with Gasteiger partial charge in [-0.2, -0.15) is 0 Å². The molecule has 1 N–H and O–H groups in total. The van der Waals surface area contributed by atoms with Gasteiger partial charge in [0.1, 0.15) is 0 Å². The number of amides is 1. The predicted octanol–water partition coefficient (Wildman–Crippen LogP) is 2.85. The molecule has 8 nitrogen and oxygen atoms in total. The summed E-state index contributed by atoms with van der Waals surface area (Å²) in [5.41, 5.74) is 1.17. The monoisotopic (exact) mass is 456 g/mol. The highest BCUT2D eigenvalue weighted by atomic mass is 35.5. The highest BCUT2D eigenvalue weighted by molar-refractivity contribution is 7.90. The molecule has 0 spiro atoms. The van der Waals surface area contributed by atoms with E-state index < -0.39 is 15.7 Å². The average Bonchev–Trinajstić information content (AvgIpc) is 3.12. The summed E-state index contributed by atoms with van der Waals surface area (Å²) in [6.07, 6.45) is 4.06. The first-order valence-electron chi connectivity index (χ1n) is 9.16. The van der Waals surface area contributed by atoms with Crippen LogP contribution in [0.3, 0.4) is 0 Å². The molecule has 3 heterocycles. The summed E-state index contributed by atoms with van der Waals surface area (Å²) >= 11 is 6.18. The second-order valence-electron chi connectivity index (χ2n) is 6.90. The van der Waals surface area contributed by atoms with E-state index in [4.69, 9.17) is 11.6 Å². The first-order valence-corrected chi connectivity index (χ1v) is 11.4. The molecule has 0 saturated heterocycles. The lowest BCUT2D eigenvalue weighted by atomic mass is 10.2. The number of pyridine rings is 2. The van der Waals surface area contributed by atoms with Crippen LogP contribution in [0.25, 0.3) is 5.52 Å². The number of hydrogen-bond acceptors (Lipinski definition) is 5. The highest BCUT2D eigenvalue weighted by Crippen LogP contribution is 2.19. The zero-order valence-electron chi connectivity index (χ0n) is 16.3. The van der Waals surface area contributed by atoms with Crippen LogP contribution in [0.15, 0.2) is 76.9 Å². The number of rotatable bonds is 5. The SMILES string of the molecule is CS(=O)(=O)c1nc(C(=O)Nc2ccc(=O)n(Cc3ccccc3Cl)c2)c2ccccn12. The Morgan fingerprint density at radius 1 is 1.10 bits per heavy atom. The number of aromatic nitrogens is 3. The Hall–Kier alpha value is -3.43. The van der Waals surface area contributed by atoms with E-state index in [9.17, 15) is 18.0 Å². The van der Waals surface area contributed by atoms with Gasteiger partial charge in [0.15, 0.2) is 5.69 Å². The number of imidazole rings is 1. The Balaban J connectivity index is 1.67. The van der Waals surface area contributed by atoms with Crippen LogP contribution in [0.5, 0.6) is 0 Å². The Labute approximate surface area is 182 Å². The Morgan fingerprint density at radius 2 is 1.84 bits per heavy atom. The van der Waals surface area contributed by atoms with Crippen molar-refractivity contribution in [1.29, 1.82) is 0 Å². The molecule has 10 heteroatoms. The molecule has 0 aliphatic rings. The van der Waals surface area contributed by atoms with Gasteiger partial charge >= 0.3 is 0 Å². The first-order chi connectivity index (χ1) is 14.7. The van der Waals surface area contributed by atoms with Crippen molar-refractivity contribution >= 4 is 38.5 Å². The van der Waals surface area contributed by atoms with Crippen LogP contribution in [-0.4, -0.2) is 34.5 Å². The van der Waals surface area contributed by atoms with Crippen molar-refractivity contribution in [2.75, 3.05) is 11.6 Å². The normalized spacial score (nSPS) is 11.5. The van der Waals surface area contributed by atoms with Crippen molar-refractivity contribution < 1.29 is 13.2 Å². The molecular weight excluding hydrogens is 440 g/mol. The van der Waals surface area contributed by atoms with Crippen LogP contribution < -0.4 is 10.9 Å². The fraction of sp³-hybridized carbons (Fsp3) is 0.0952. The van der Waals surface area contributed by atoms with Crippen molar-refractivity contribution in [3.05, 3.63) is 93.6 Å². The van der Waals surface area contributed by atoms with E-state index in [0.29, 0.717) is 16.2 Å². The van der Waals surface area contributed by atoms with E-state index in [1.54, 1.807) is 30.3 Å². The van der Waals surface area contributed by atoms with Crippen LogP contribution in [0, 0.1) is 0 Å². The lowest BCUT2D eigenvalue weighted by Crippen LogP contribution is -2.21. The van der Waals surface area contributed by atoms with Gasteiger partial charge in [-0.15, -0.1) is 0 Å². The standard InChI is InChI=1S/C21H17ClN4O4S/c1-31(29,30)21-24-19(17-8-4-5-11-26(17)21)20(28)23-15-9-10-18(27)25(13-15)12-14-6-2-3-7-16(14)22/h2-11,13H,12H2,1H3,(H,23,28). The maximum absolute atomic E-state index is 12.9. The summed E-state index contributed by atoms with van der Waals surface area (Å²) in [5.74, 6) is -0.596. The van der Waals surface area contributed by atoms with Gasteiger partial charge in [-0.05, 0) is 29.8 Å². The average molecular weight is 457 g/mol. The van der Waals surface area contributed by atoms with Gasteiger partial charge in [0, 0.05) is 29.7 Å². The lowest BCUT2D eigenvalue weighted by molar-refractivity contribution is 0.102. The molecule has 4 rings (SSSR count). The molecule has 0 unspecified atom stereocenters. The number of benzene rings is 1. The Morgan fingerprint density at radius 3 is 2.58 bits per heavy atom. The van der Waals surface area contributed by atoms with Crippen LogP contribution in [0.4, 0.5) is 5.69 Å². The van der Waals surface area contributed by atoms with Crippen LogP contribution in [0.2, 0.25) is 5.02 Å². The zero-order chi connectivity index (χ0) is 22.2. The molecule has 158 valence electrons. The van der Waals surface area contributed by atoms with E-state index in [1.165, 1.54) is 33.5 Å². The van der Waals surface area contributed by atoms with Gasteiger partial charge < -0.3 is 9.88 Å². The van der Waals surface area contributed by atoms with Crippen molar-refractivity contribution in [2.24, 2.45) is 0 Å². The molecule has 0 fully saturated rings. The summed E-state index contributed by atoms with van der Waals surface area (Å²) in [6, 6.07) is 14.9. The quantitative estimate of drug-likeness (QED) is 0.497. The minimum Gasteiger partial charge on any atom is -0.319 e. The molecule has 0 atom stereocenters. The number of hydrogen-bond donors (Lipinski definition) is 1. The van der Waals surface area contributed by atoms with E-state index in [-0.39, 0.29) is 23.0 Å². The summed E-state index contributed by atoms with van der Waals surface area (Å²) < 4.78 is 26.9. The molecule has 4 aromatic rings. The number of anilines is 1. The smallest absolute Gasteiger partial charge is 0.276 e. The third kappa shape index (κ3) is 4.23. The molecule has 0 saturated carbocycles. The van der Waals surface area contributed by atoms with Crippen LogP contribution >= 0.6 is 11.6 Å².